The Balaban J connectivity index is 2.14. The first-order valence-electron chi connectivity index (χ1n) is 5.51. The van der Waals surface area contributed by atoms with Crippen molar-refractivity contribution in [3.63, 3.8) is 0 Å². The van der Waals surface area contributed by atoms with Crippen LogP contribution in [-0.4, -0.2) is 17.1 Å². The van der Waals surface area contributed by atoms with E-state index in [4.69, 9.17) is 9.52 Å². The second-order valence-electron chi connectivity index (χ2n) is 4.01. The number of furan rings is 1. The number of aromatic nitrogens is 1. The lowest BCUT2D eigenvalue weighted by Crippen LogP contribution is -2.17. The minimum atomic E-state index is 0.0288. The Bertz CT molecular complexity index is 480. The Morgan fingerprint density at radius 3 is 2.76 bits per heavy atom. The predicted molar refractivity (Wildman–Crippen MR) is 65.7 cm³/mol. The van der Waals surface area contributed by atoms with Gasteiger partial charge in [-0.3, -0.25) is 0 Å². The molecule has 0 saturated heterocycles. The summed E-state index contributed by atoms with van der Waals surface area (Å²) in [6.07, 6.45) is 1.66. The minimum Gasteiger partial charge on any atom is -0.467 e. The molecule has 17 heavy (non-hydrogen) atoms. The minimum absolute atomic E-state index is 0.0288. The summed E-state index contributed by atoms with van der Waals surface area (Å²) >= 11 is 0. The van der Waals surface area contributed by atoms with E-state index in [1.807, 2.05) is 43.1 Å². The lowest BCUT2D eigenvalue weighted by Gasteiger charge is -2.17. The summed E-state index contributed by atoms with van der Waals surface area (Å²) in [4.78, 5) is 6.46. The highest BCUT2D eigenvalue weighted by molar-refractivity contribution is 5.40. The summed E-state index contributed by atoms with van der Waals surface area (Å²) in [5, 5.41) is 9.09. The first-order chi connectivity index (χ1) is 8.20. The van der Waals surface area contributed by atoms with Crippen LogP contribution in [0.4, 0.5) is 5.82 Å². The maximum atomic E-state index is 9.09. The average Bonchev–Trinajstić information content (AvgIpc) is 2.81. The smallest absolute Gasteiger partial charge is 0.128 e. The molecule has 0 bridgehead atoms. The van der Waals surface area contributed by atoms with Crippen LogP contribution >= 0.6 is 0 Å². The van der Waals surface area contributed by atoms with Crippen LogP contribution in [0.5, 0.6) is 0 Å². The van der Waals surface area contributed by atoms with Gasteiger partial charge in [0.25, 0.3) is 0 Å². The van der Waals surface area contributed by atoms with Gasteiger partial charge in [0.15, 0.2) is 0 Å². The topological polar surface area (TPSA) is 49.5 Å². The van der Waals surface area contributed by atoms with E-state index in [-0.39, 0.29) is 6.61 Å². The van der Waals surface area contributed by atoms with Gasteiger partial charge in [0.05, 0.1) is 19.4 Å². The van der Waals surface area contributed by atoms with Crippen LogP contribution in [0.15, 0.2) is 34.9 Å². The SMILES string of the molecule is Cc1nc(N(C)Cc2ccco2)ccc1CO. The van der Waals surface area contributed by atoms with Crippen LogP contribution in [-0.2, 0) is 13.2 Å². The first-order valence-corrected chi connectivity index (χ1v) is 5.51. The Hall–Kier alpha value is -1.81. The largest absolute Gasteiger partial charge is 0.467 e. The fourth-order valence-corrected chi connectivity index (χ4v) is 1.67. The van der Waals surface area contributed by atoms with Gasteiger partial charge in [0, 0.05) is 12.7 Å². The number of nitrogens with zero attached hydrogens (tertiary/aromatic N) is 2. The van der Waals surface area contributed by atoms with E-state index in [0.717, 1.165) is 22.8 Å². The molecule has 2 aromatic heterocycles. The Morgan fingerprint density at radius 1 is 1.35 bits per heavy atom. The monoisotopic (exact) mass is 232 g/mol. The highest BCUT2D eigenvalue weighted by atomic mass is 16.3. The molecule has 0 aliphatic rings. The summed E-state index contributed by atoms with van der Waals surface area (Å²) in [7, 11) is 1.96. The van der Waals surface area contributed by atoms with Gasteiger partial charge in [-0.05, 0) is 30.7 Å². The van der Waals surface area contributed by atoms with Crippen LogP contribution in [0.25, 0.3) is 0 Å². The van der Waals surface area contributed by atoms with Crippen LogP contribution in [0.2, 0.25) is 0 Å². The standard InChI is InChI=1S/C13H16N2O2/c1-10-11(9-16)5-6-13(14-10)15(2)8-12-4-3-7-17-12/h3-7,16H,8-9H2,1-2H3. The molecule has 0 atom stereocenters. The number of rotatable bonds is 4. The van der Waals surface area contributed by atoms with E-state index in [1.165, 1.54) is 0 Å². The number of aliphatic hydroxyl groups is 1. The Labute approximate surface area is 101 Å². The zero-order valence-corrected chi connectivity index (χ0v) is 10.1. The molecule has 2 rings (SSSR count). The quantitative estimate of drug-likeness (QED) is 0.877. The molecule has 4 heteroatoms. The molecule has 0 unspecified atom stereocenters. The van der Waals surface area contributed by atoms with Crippen molar-refractivity contribution in [3.05, 3.63) is 47.5 Å². The lowest BCUT2D eigenvalue weighted by molar-refractivity contribution is 0.280. The molecule has 0 radical (unpaired) electrons. The lowest BCUT2D eigenvalue weighted by atomic mass is 10.2. The van der Waals surface area contributed by atoms with Gasteiger partial charge in [0.2, 0.25) is 0 Å². The van der Waals surface area contributed by atoms with Gasteiger partial charge in [-0.15, -0.1) is 0 Å². The molecule has 0 aliphatic heterocycles. The molecule has 0 aromatic carbocycles. The third-order valence-corrected chi connectivity index (χ3v) is 2.72. The molecule has 0 fully saturated rings. The molecule has 2 heterocycles. The summed E-state index contributed by atoms with van der Waals surface area (Å²) in [5.74, 6) is 1.77. The molecule has 4 nitrogen and oxygen atoms in total. The average molecular weight is 232 g/mol. The van der Waals surface area contributed by atoms with Gasteiger partial charge in [-0.1, -0.05) is 6.07 Å². The third kappa shape index (κ3) is 2.65. The number of hydrogen-bond acceptors (Lipinski definition) is 4. The molecular formula is C13H16N2O2. The van der Waals surface area contributed by atoms with E-state index in [1.54, 1.807) is 6.26 Å². The third-order valence-electron chi connectivity index (χ3n) is 2.72. The molecule has 0 spiro atoms. The normalized spacial score (nSPS) is 10.5. The van der Waals surface area contributed by atoms with Crippen molar-refractivity contribution in [2.24, 2.45) is 0 Å². The van der Waals surface area contributed by atoms with Gasteiger partial charge < -0.3 is 14.4 Å². The van der Waals surface area contributed by atoms with E-state index in [0.29, 0.717) is 6.54 Å². The van der Waals surface area contributed by atoms with E-state index >= 15 is 0 Å². The van der Waals surface area contributed by atoms with Crippen LogP contribution in [0.1, 0.15) is 17.0 Å². The van der Waals surface area contributed by atoms with Gasteiger partial charge in [0.1, 0.15) is 11.6 Å². The fraction of sp³-hybridized carbons (Fsp3) is 0.308. The van der Waals surface area contributed by atoms with Crippen LogP contribution in [0.3, 0.4) is 0 Å². The molecule has 2 aromatic rings. The Morgan fingerprint density at radius 2 is 2.18 bits per heavy atom. The maximum Gasteiger partial charge on any atom is 0.128 e. The zero-order chi connectivity index (χ0) is 12.3. The van der Waals surface area contributed by atoms with Crippen molar-refractivity contribution in [2.45, 2.75) is 20.1 Å². The number of aliphatic hydroxyl groups excluding tert-OH is 1. The summed E-state index contributed by atoms with van der Waals surface area (Å²) in [6, 6.07) is 7.61. The molecule has 1 N–H and O–H groups in total. The molecule has 0 saturated carbocycles. The van der Waals surface area contributed by atoms with Gasteiger partial charge >= 0.3 is 0 Å². The summed E-state index contributed by atoms with van der Waals surface area (Å²) < 4.78 is 5.29. The second-order valence-corrected chi connectivity index (χ2v) is 4.01. The van der Waals surface area contributed by atoms with Gasteiger partial charge in [-0.25, -0.2) is 4.98 Å². The van der Waals surface area contributed by atoms with Crippen molar-refractivity contribution in [2.75, 3.05) is 11.9 Å². The van der Waals surface area contributed by atoms with E-state index in [2.05, 4.69) is 4.98 Å². The van der Waals surface area contributed by atoms with E-state index < -0.39 is 0 Å². The second kappa shape index (κ2) is 5.01. The number of pyridine rings is 1. The van der Waals surface area contributed by atoms with Crippen LogP contribution < -0.4 is 4.90 Å². The molecule has 0 amide bonds. The Kier molecular flexibility index (Phi) is 3.44. The van der Waals surface area contributed by atoms with Crippen LogP contribution in [0, 0.1) is 6.92 Å². The molecule has 0 aliphatic carbocycles. The van der Waals surface area contributed by atoms with Crippen molar-refractivity contribution in [1.29, 1.82) is 0 Å². The van der Waals surface area contributed by atoms with Crippen molar-refractivity contribution in [3.8, 4) is 0 Å². The maximum absolute atomic E-state index is 9.09. The first kappa shape index (κ1) is 11.7. The zero-order valence-electron chi connectivity index (χ0n) is 10.1. The van der Waals surface area contributed by atoms with Crippen molar-refractivity contribution >= 4 is 5.82 Å². The predicted octanol–water partition coefficient (Wildman–Crippen LogP) is 2.11. The number of aryl methyl sites for hydroxylation is 1. The summed E-state index contributed by atoms with van der Waals surface area (Å²) in [6.45, 7) is 2.61. The van der Waals surface area contributed by atoms with Crippen molar-refractivity contribution < 1.29 is 9.52 Å². The highest BCUT2D eigenvalue weighted by Crippen LogP contribution is 2.16. The number of hydrogen-bond donors (Lipinski definition) is 1. The number of anilines is 1. The highest BCUT2D eigenvalue weighted by Gasteiger charge is 2.07. The van der Waals surface area contributed by atoms with E-state index in [9.17, 15) is 0 Å². The van der Waals surface area contributed by atoms with Gasteiger partial charge in [-0.2, -0.15) is 0 Å². The van der Waals surface area contributed by atoms with Crippen molar-refractivity contribution in [1.82, 2.24) is 4.98 Å². The molecular weight excluding hydrogens is 216 g/mol. The summed E-state index contributed by atoms with van der Waals surface area (Å²) in [5.41, 5.74) is 1.72. The molecule has 90 valence electrons. The fourth-order valence-electron chi connectivity index (χ4n) is 1.67.